The van der Waals surface area contributed by atoms with E-state index in [1.165, 1.54) is 0 Å². The van der Waals surface area contributed by atoms with Crippen molar-refractivity contribution < 1.29 is 18.8 Å². The van der Waals surface area contributed by atoms with Gasteiger partial charge in [0.2, 0.25) is 5.60 Å². The molecule has 0 aromatic heterocycles. The van der Waals surface area contributed by atoms with E-state index in [2.05, 4.69) is 18.2 Å². The van der Waals surface area contributed by atoms with Gasteiger partial charge in [0.05, 0.1) is 6.61 Å². The number of esters is 1. The Bertz CT molecular complexity index is 803. The van der Waals surface area contributed by atoms with Crippen molar-refractivity contribution in [3.8, 4) is 0 Å². The van der Waals surface area contributed by atoms with Gasteiger partial charge in [-0.3, -0.25) is 0 Å². The van der Waals surface area contributed by atoms with Gasteiger partial charge in [0, 0.05) is 11.5 Å². The van der Waals surface area contributed by atoms with Crippen molar-refractivity contribution in [2.24, 2.45) is 5.92 Å². The number of rotatable bonds is 11. The second-order valence-corrected chi connectivity index (χ2v) is 10.2. The molecular weight excluding hydrogens is 391 g/mol. The topological polar surface area (TPSA) is 52.6 Å². The largest absolute Gasteiger partial charge is 0.464 e. The van der Waals surface area contributed by atoms with Crippen LogP contribution in [0.25, 0.3) is 10.8 Å². The average molecular weight is 422 g/mol. The van der Waals surface area contributed by atoms with Gasteiger partial charge in [-0.15, -0.1) is 0 Å². The molecule has 0 aliphatic heterocycles. The molecule has 6 heteroatoms. The Kier molecular flexibility index (Phi) is 8.94. The minimum absolute atomic E-state index is 0.185. The van der Waals surface area contributed by atoms with E-state index in [1.54, 1.807) is 18.7 Å². The van der Waals surface area contributed by atoms with Crippen molar-refractivity contribution in [1.82, 2.24) is 0 Å². The third kappa shape index (κ3) is 6.04. The van der Waals surface area contributed by atoms with Gasteiger partial charge in [-0.25, -0.2) is 4.79 Å². The standard InChI is InChI=1S/C22H30O4PS/c1-5-25-21(23)22(26-6-2,14-17(3)4)15-27(24)16-28-20-13-9-11-18-10-7-8-12-19(18)20/h7-13,17H,5-6,14-16H2,1-4H3/q+1. The number of fused-ring (bicyclic) bond motifs is 1. The zero-order valence-corrected chi connectivity index (χ0v) is 18.9. The maximum Gasteiger partial charge on any atom is 0.353 e. The zero-order valence-electron chi connectivity index (χ0n) is 17.1. The minimum Gasteiger partial charge on any atom is -0.464 e. The van der Waals surface area contributed by atoms with Crippen LogP contribution in [0.2, 0.25) is 0 Å². The maximum atomic E-state index is 13.0. The molecule has 0 bridgehead atoms. The smallest absolute Gasteiger partial charge is 0.353 e. The molecule has 0 spiro atoms. The Labute approximate surface area is 173 Å². The summed E-state index contributed by atoms with van der Waals surface area (Å²) in [5, 5.41) is 2.32. The fraction of sp³-hybridized carbons (Fsp3) is 0.500. The first-order valence-electron chi connectivity index (χ1n) is 9.75. The van der Waals surface area contributed by atoms with E-state index in [0.717, 1.165) is 15.7 Å². The summed E-state index contributed by atoms with van der Waals surface area (Å²) in [6, 6.07) is 14.3. The average Bonchev–Trinajstić information content (AvgIpc) is 2.66. The summed E-state index contributed by atoms with van der Waals surface area (Å²) in [7, 11) is -1.65. The fourth-order valence-corrected chi connectivity index (χ4v) is 6.30. The number of carbonyl (C=O) groups excluding carboxylic acids is 1. The first-order chi connectivity index (χ1) is 13.4. The molecule has 28 heavy (non-hydrogen) atoms. The predicted molar refractivity (Wildman–Crippen MR) is 118 cm³/mol. The summed E-state index contributed by atoms with van der Waals surface area (Å²) in [4.78, 5) is 13.8. The van der Waals surface area contributed by atoms with E-state index in [-0.39, 0.29) is 18.7 Å². The van der Waals surface area contributed by atoms with Crippen LogP contribution < -0.4 is 0 Å². The summed E-state index contributed by atoms with van der Waals surface area (Å²) >= 11 is 1.57. The zero-order chi connectivity index (χ0) is 20.6. The van der Waals surface area contributed by atoms with Crippen LogP contribution in [0.4, 0.5) is 0 Å². The third-order valence-corrected chi connectivity index (χ3v) is 7.55. The molecule has 2 unspecified atom stereocenters. The highest BCUT2D eigenvalue weighted by atomic mass is 32.2. The number of hydrogen-bond donors (Lipinski definition) is 0. The number of thioether (sulfide) groups is 1. The lowest BCUT2D eigenvalue weighted by Crippen LogP contribution is -2.46. The molecule has 0 aliphatic rings. The van der Waals surface area contributed by atoms with Crippen LogP contribution in [0.1, 0.15) is 34.1 Å². The SMILES string of the molecule is CCOC(=O)C(CC(C)C)(C[P+](=O)CSc1cccc2ccccc12)OCC. The van der Waals surface area contributed by atoms with Crippen LogP contribution in [0.5, 0.6) is 0 Å². The van der Waals surface area contributed by atoms with Gasteiger partial charge >= 0.3 is 13.8 Å². The molecule has 0 saturated heterocycles. The molecule has 4 nitrogen and oxygen atoms in total. The molecule has 152 valence electrons. The second kappa shape index (κ2) is 10.9. The van der Waals surface area contributed by atoms with Crippen LogP contribution in [0, 0.1) is 5.92 Å². The summed E-state index contributed by atoms with van der Waals surface area (Å²) in [5.74, 6) is -0.172. The van der Waals surface area contributed by atoms with E-state index in [4.69, 9.17) is 9.47 Å². The molecule has 0 heterocycles. The van der Waals surface area contributed by atoms with Gasteiger partial charge in [0.25, 0.3) is 0 Å². The lowest BCUT2D eigenvalue weighted by Gasteiger charge is -2.29. The Morgan fingerprint density at radius 3 is 2.50 bits per heavy atom. The van der Waals surface area contributed by atoms with E-state index < -0.39 is 19.4 Å². The predicted octanol–water partition coefficient (Wildman–Crippen LogP) is 6.10. The fourth-order valence-electron chi connectivity index (χ4n) is 3.37. The number of ether oxygens (including phenoxy) is 2. The molecule has 2 atom stereocenters. The number of benzene rings is 2. The van der Waals surface area contributed by atoms with Crippen LogP contribution in [0.3, 0.4) is 0 Å². The first-order valence-corrected chi connectivity index (χ1v) is 12.4. The Morgan fingerprint density at radius 1 is 1.11 bits per heavy atom. The van der Waals surface area contributed by atoms with Crippen LogP contribution in [0.15, 0.2) is 47.4 Å². The summed E-state index contributed by atoms with van der Waals surface area (Å²) < 4.78 is 24.1. The highest BCUT2D eigenvalue weighted by Gasteiger charge is 2.48. The molecule has 0 amide bonds. The van der Waals surface area contributed by atoms with Crippen molar-refractivity contribution in [2.75, 3.05) is 24.9 Å². The Morgan fingerprint density at radius 2 is 1.82 bits per heavy atom. The Balaban J connectivity index is 2.14. The van der Waals surface area contributed by atoms with Crippen molar-refractivity contribution in [1.29, 1.82) is 0 Å². The lowest BCUT2D eigenvalue weighted by molar-refractivity contribution is -0.171. The lowest BCUT2D eigenvalue weighted by atomic mass is 9.94. The molecule has 2 rings (SSSR count). The molecule has 0 saturated carbocycles. The first kappa shape index (κ1) is 22.9. The second-order valence-electron chi connectivity index (χ2n) is 7.14. The van der Waals surface area contributed by atoms with Gasteiger partial charge in [0.15, 0.2) is 11.7 Å². The molecule has 0 aliphatic carbocycles. The van der Waals surface area contributed by atoms with Gasteiger partial charge < -0.3 is 9.47 Å². The molecule has 2 aromatic rings. The van der Waals surface area contributed by atoms with Crippen LogP contribution in [-0.2, 0) is 18.8 Å². The number of hydrogen-bond acceptors (Lipinski definition) is 5. The number of carbonyl (C=O) groups is 1. The normalized spacial score (nSPS) is 14.1. The van der Waals surface area contributed by atoms with Gasteiger partial charge in [-0.2, -0.15) is 0 Å². The Hall–Kier alpha value is -1.42. The molecule has 2 aromatic carbocycles. The van der Waals surface area contributed by atoms with Gasteiger partial charge in [0.1, 0.15) is 0 Å². The molecule has 0 radical (unpaired) electrons. The molecular formula is C22H30O4PS+. The van der Waals surface area contributed by atoms with Crippen molar-refractivity contribution >= 4 is 36.3 Å². The van der Waals surface area contributed by atoms with E-state index in [0.29, 0.717) is 18.5 Å². The highest BCUT2D eigenvalue weighted by molar-refractivity contribution is 8.04. The summed E-state index contributed by atoms with van der Waals surface area (Å²) in [6.07, 6.45) is 0.685. The molecule has 0 fully saturated rings. The van der Waals surface area contributed by atoms with Crippen molar-refractivity contribution in [3.63, 3.8) is 0 Å². The van der Waals surface area contributed by atoms with Crippen LogP contribution in [-0.4, -0.2) is 36.4 Å². The van der Waals surface area contributed by atoms with Gasteiger partial charge in [-0.05, 0) is 43.0 Å². The minimum atomic E-state index is -1.65. The van der Waals surface area contributed by atoms with E-state index in [9.17, 15) is 9.36 Å². The van der Waals surface area contributed by atoms with Crippen molar-refractivity contribution in [3.05, 3.63) is 42.5 Å². The van der Waals surface area contributed by atoms with Crippen molar-refractivity contribution in [2.45, 2.75) is 44.6 Å². The van der Waals surface area contributed by atoms with E-state index in [1.807, 2.05) is 45.0 Å². The third-order valence-electron chi connectivity index (χ3n) is 4.35. The monoisotopic (exact) mass is 421 g/mol. The highest BCUT2D eigenvalue weighted by Crippen LogP contribution is 2.40. The van der Waals surface area contributed by atoms with Crippen LogP contribution >= 0.6 is 19.6 Å². The maximum absolute atomic E-state index is 13.0. The summed E-state index contributed by atoms with van der Waals surface area (Å²) in [5.41, 5.74) is -0.693. The van der Waals surface area contributed by atoms with E-state index >= 15 is 0 Å². The summed E-state index contributed by atoms with van der Waals surface area (Å²) in [6.45, 7) is 8.36. The quantitative estimate of drug-likeness (QED) is 0.249. The van der Waals surface area contributed by atoms with Gasteiger partial charge in [-0.1, -0.05) is 66.6 Å². The molecule has 0 N–H and O–H groups in total.